The van der Waals surface area contributed by atoms with Gasteiger partial charge in [0.25, 0.3) is 10.2 Å². The first-order valence-electron chi connectivity index (χ1n) is 4.47. The van der Waals surface area contributed by atoms with E-state index in [0.29, 0.717) is 4.99 Å². The average Bonchev–Trinajstić information content (AvgIpc) is 2.83. The molecular weight excluding hydrogens is 222 g/mol. The summed E-state index contributed by atoms with van der Waals surface area (Å²) in [6.07, 6.45) is 1.84. The molecule has 1 rings (SSSR count). The first-order valence-corrected chi connectivity index (χ1v) is 6.36. The number of nitrogens with two attached hydrogens (primary N) is 1. The molecule has 0 aromatic rings. The Morgan fingerprint density at radius 2 is 2.21 bits per heavy atom. The third kappa shape index (κ3) is 4.32. The van der Waals surface area contributed by atoms with Gasteiger partial charge in [-0.15, -0.1) is 0 Å². The largest absolute Gasteiger partial charge is 0.393 e. The van der Waals surface area contributed by atoms with Crippen LogP contribution in [0, 0.1) is 5.92 Å². The Hall–Kier alpha value is -0.240. The molecule has 0 aromatic carbocycles. The lowest BCUT2D eigenvalue weighted by atomic mass is 10.2. The number of nitrogens with one attached hydrogen (secondary N) is 2. The van der Waals surface area contributed by atoms with Crippen LogP contribution >= 0.6 is 12.2 Å². The summed E-state index contributed by atoms with van der Waals surface area (Å²) in [5.41, 5.74) is 5.36. The SMILES string of the molecule is CC(CNS(=O)(=O)NC1CC1)C(N)=S. The van der Waals surface area contributed by atoms with E-state index in [4.69, 9.17) is 18.0 Å². The normalized spacial score (nSPS) is 19.2. The minimum absolute atomic E-state index is 0.118. The number of hydrogen-bond donors (Lipinski definition) is 3. The van der Waals surface area contributed by atoms with Crippen molar-refractivity contribution in [3.8, 4) is 0 Å². The lowest BCUT2D eigenvalue weighted by molar-refractivity contribution is 0.559. The van der Waals surface area contributed by atoms with Crippen LogP contribution in [0.2, 0.25) is 0 Å². The van der Waals surface area contributed by atoms with Crippen LogP contribution in [0.15, 0.2) is 0 Å². The van der Waals surface area contributed by atoms with Crippen LogP contribution in [0.4, 0.5) is 0 Å². The van der Waals surface area contributed by atoms with Crippen molar-refractivity contribution in [2.24, 2.45) is 11.7 Å². The summed E-state index contributed by atoms with van der Waals surface area (Å²) in [6.45, 7) is 2.03. The monoisotopic (exact) mass is 237 g/mol. The van der Waals surface area contributed by atoms with Gasteiger partial charge in [-0.25, -0.2) is 4.72 Å². The molecule has 0 heterocycles. The zero-order chi connectivity index (χ0) is 10.8. The Balaban J connectivity index is 2.31. The van der Waals surface area contributed by atoms with Crippen molar-refractivity contribution in [3.05, 3.63) is 0 Å². The standard InChI is InChI=1S/C7H15N3O2S2/c1-5(7(8)13)4-9-14(11,12)10-6-2-3-6/h5-6,9-10H,2-4H2,1H3,(H2,8,13). The number of rotatable bonds is 6. The van der Waals surface area contributed by atoms with E-state index in [9.17, 15) is 8.42 Å². The molecule has 1 fully saturated rings. The van der Waals surface area contributed by atoms with Gasteiger partial charge in [0.05, 0.1) is 4.99 Å². The third-order valence-electron chi connectivity index (χ3n) is 1.96. The van der Waals surface area contributed by atoms with E-state index in [1.807, 2.05) is 0 Å². The average molecular weight is 237 g/mol. The summed E-state index contributed by atoms with van der Waals surface area (Å²) in [6, 6.07) is 0.118. The highest BCUT2D eigenvalue weighted by atomic mass is 32.2. The molecule has 0 amide bonds. The molecular formula is C7H15N3O2S2. The van der Waals surface area contributed by atoms with E-state index in [1.165, 1.54) is 0 Å². The molecule has 1 aliphatic carbocycles. The molecule has 1 saturated carbocycles. The van der Waals surface area contributed by atoms with Crippen molar-refractivity contribution in [3.63, 3.8) is 0 Å². The molecule has 1 unspecified atom stereocenters. The Labute approximate surface area is 89.6 Å². The Morgan fingerprint density at radius 1 is 1.64 bits per heavy atom. The summed E-state index contributed by atoms with van der Waals surface area (Å²) in [7, 11) is -3.36. The van der Waals surface area contributed by atoms with E-state index in [0.717, 1.165) is 12.8 Å². The van der Waals surface area contributed by atoms with Gasteiger partial charge in [-0.3, -0.25) is 0 Å². The quantitative estimate of drug-likeness (QED) is 0.544. The van der Waals surface area contributed by atoms with Gasteiger partial charge in [-0.2, -0.15) is 13.1 Å². The Morgan fingerprint density at radius 3 is 2.64 bits per heavy atom. The van der Waals surface area contributed by atoms with E-state index < -0.39 is 10.2 Å². The predicted molar refractivity (Wildman–Crippen MR) is 59.0 cm³/mol. The zero-order valence-electron chi connectivity index (χ0n) is 7.99. The molecule has 0 radical (unpaired) electrons. The molecule has 14 heavy (non-hydrogen) atoms. The van der Waals surface area contributed by atoms with Crippen molar-refractivity contribution in [1.29, 1.82) is 0 Å². The van der Waals surface area contributed by atoms with E-state index >= 15 is 0 Å². The van der Waals surface area contributed by atoms with Crippen molar-refractivity contribution in [2.75, 3.05) is 6.54 Å². The van der Waals surface area contributed by atoms with E-state index in [2.05, 4.69) is 9.44 Å². The maximum atomic E-state index is 11.3. The first-order chi connectivity index (χ1) is 6.41. The number of thiocarbonyl (C=S) groups is 1. The van der Waals surface area contributed by atoms with Crippen molar-refractivity contribution in [2.45, 2.75) is 25.8 Å². The zero-order valence-corrected chi connectivity index (χ0v) is 9.62. The molecule has 1 atom stereocenters. The van der Waals surface area contributed by atoms with Crippen molar-refractivity contribution < 1.29 is 8.42 Å². The first kappa shape index (κ1) is 11.8. The molecule has 0 aliphatic heterocycles. The van der Waals surface area contributed by atoms with Gasteiger partial charge in [0.1, 0.15) is 0 Å². The summed E-state index contributed by atoms with van der Waals surface area (Å²) in [5, 5.41) is 0. The van der Waals surface area contributed by atoms with Crippen LogP contribution < -0.4 is 15.2 Å². The second kappa shape index (κ2) is 4.52. The van der Waals surface area contributed by atoms with Gasteiger partial charge in [-0.05, 0) is 12.8 Å². The fourth-order valence-electron chi connectivity index (χ4n) is 0.798. The highest BCUT2D eigenvalue weighted by Gasteiger charge is 2.26. The third-order valence-corrected chi connectivity index (χ3v) is 3.56. The highest BCUT2D eigenvalue weighted by molar-refractivity contribution is 7.87. The minimum atomic E-state index is -3.36. The number of hydrogen-bond acceptors (Lipinski definition) is 3. The molecule has 5 nitrogen and oxygen atoms in total. The van der Waals surface area contributed by atoms with Gasteiger partial charge in [-0.1, -0.05) is 19.1 Å². The Bertz CT molecular complexity index is 311. The second-order valence-corrected chi connectivity index (χ2v) is 5.55. The molecule has 0 aromatic heterocycles. The minimum Gasteiger partial charge on any atom is -0.393 e. The van der Waals surface area contributed by atoms with Gasteiger partial charge < -0.3 is 5.73 Å². The summed E-state index contributed by atoms with van der Waals surface area (Å²) < 4.78 is 27.5. The highest BCUT2D eigenvalue weighted by Crippen LogP contribution is 2.19. The van der Waals surface area contributed by atoms with Gasteiger partial charge in [0.15, 0.2) is 0 Å². The maximum absolute atomic E-state index is 11.3. The van der Waals surface area contributed by atoms with Crippen molar-refractivity contribution in [1.82, 2.24) is 9.44 Å². The molecule has 4 N–H and O–H groups in total. The van der Waals surface area contributed by atoms with Gasteiger partial charge in [0, 0.05) is 18.5 Å². The topological polar surface area (TPSA) is 84.2 Å². The summed E-state index contributed by atoms with van der Waals surface area (Å²) in [5.74, 6) is -0.124. The van der Waals surface area contributed by atoms with Crippen LogP contribution in [-0.2, 0) is 10.2 Å². The summed E-state index contributed by atoms with van der Waals surface area (Å²) in [4.78, 5) is 0.319. The molecule has 0 spiro atoms. The van der Waals surface area contributed by atoms with Crippen LogP contribution in [0.1, 0.15) is 19.8 Å². The fourth-order valence-corrected chi connectivity index (χ4v) is 2.11. The van der Waals surface area contributed by atoms with Gasteiger partial charge in [0.2, 0.25) is 0 Å². The lowest BCUT2D eigenvalue weighted by Gasteiger charge is -2.11. The van der Waals surface area contributed by atoms with Crippen LogP contribution in [-0.4, -0.2) is 26.0 Å². The molecule has 1 aliphatic rings. The lowest BCUT2D eigenvalue weighted by Crippen LogP contribution is -2.41. The summed E-state index contributed by atoms with van der Waals surface area (Å²) >= 11 is 4.73. The molecule has 82 valence electrons. The van der Waals surface area contributed by atoms with Crippen LogP contribution in [0.3, 0.4) is 0 Å². The molecule has 0 bridgehead atoms. The predicted octanol–water partition coefficient (Wildman–Crippen LogP) is -0.505. The van der Waals surface area contributed by atoms with Crippen LogP contribution in [0.25, 0.3) is 0 Å². The van der Waals surface area contributed by atoms with Gasteiger partial charge >= 0.3 is 0 Å². The van der Waals surface area contributed by atoms with E-state index in [1.54, 1.807) is 6.92 Å². The molecule has 7 heteroatoms. The smallest absolute Gasteiger partial charge is 0.277 e. The molecule has 0 saturated heterocycles. The second-order valence-electron chi connectivity index (χ2n) is 3.55. The van der Waals surface area contributed by atoms with Crippen LogP contribution in [0.5, 0.6) is 0 Å². The maximum Gasteiger partial charge on any atom is 0.277 e. The Kier molecular flexibility index (Phi) is 3.82. The van der Waals surface area contributed by atoms with E-state index in [-0.39, 0.29) is 18.5 Å². The fraction of sp³-hybridized carbons (Fsp3) is 0.857. The van der Waals surface area contributed by atoms with Crippen molar-refractivity contribution >= 4 is 27.4 Å².